The summed E-state index contributed by atoms with van der Waals surface area (Å²) in [5.41, 5.74) is 0.824. The second kappa shape index (κ2) is 4.78. The third-order valence-electron chi connectivity index (χ3n) is 3.42. The molecule has 0 spiro atoms. The summed E-state index contributed by atoms with van der Waals surface area (Å²) < 4.78 is 26.7. The van der Waals surface area contributed by atoms with Crippen LogP contribution in [0.3, 0.4) is 0 Å². The van der Waals surface area contributed by atoms with Crippen LogP contribution < -0.4 is 0 Å². The second-order valence-corrected chi connectivity index (χ2v) is 6.59. The molecule has 1 saturated heterocycles. The fourth-order valence-electron chi connectivity index (χ4n) is 2.40. The lowest BCUT2D eigenvalue weighted by atomic mass is 10.1. The standard InChI is InChI=1S/C13H19NO2S/c1-11-7-3-4-9-13(11)17(15,16)14-10-6-5-8-12(14)2/h3-4,7,9,12H,5-6,8,10H2,1-2H3. The van der Waals surface area contributed by atoms with E-state index in [-0.39, 0.29) is 6.04 Å². The summed E-state index contributed by atoms with van der Waals surface area (Å²) in [4.78, 5) is 0.453. The molecule has 0 N–H and O–H groups in total. The van der Waals surface area contributed by atoms with Gasteiger partial charge < -0.3 is 0 Å². The average Bonchev–Trinajstić information content (AvgIpc) is 2.29. The van der Waals surface area contributed by atoms with E-state index in [4.69, 9.17) is 0 Å². The van der Waals surface area contributed by atoms with Crippen molar-refractivity contribution in [3.05, 3.63) is 29.8 Å². The lowest BCUT2D eigenvalue weighted by Gasteiger charge is -2.32. The number of nitrogens with zero attached hydrogens (tertiary/aromatic N) is 1. The molecule has 0 bridgehead atoms. The van der Waals surface area contributed by atoms with Crippen LogP contribution in [-0.2, 0) is 10.0 Å². The molecule has 1 aromatic rings. The molecule has 0 aliphatic carbocycles. The number of piperidine rings is 1. The molecule has 1 aliphatic rings. The maximum atomic E-state index is 12.5. The van der Waals surface area contributed by atoms with Crippen LogP contribution >= 0.6 is 0 Å². The first-order valence-electron chi connectivity index (χ1n) is 6.11. The van der Waals surface area contributed by atoms with E-state index >= 15 is 0 Å². The van der Waals surface area contributed by atoms with Gasteiger partial charge in [-0.3, -0.25) is 0 Å². The smallest absolute Gasteiger partial charge is 0.207 e. The third kappa shape index (κ3) is 2.38. The molecule has 1 unspecified atom stereocenters. The largest absolute Gasteiger partial charge is 0.243 e. The highest BCUT2D eigenvalue weighted by molar-refractivity contribution is 7.89. The summed E-state index contributed by atoms with van der Waals surface area (Å²) in [5, 5.41) is 0. The summed E-state index contributed by atoms with van der Waals surface area (Å²) >= 11 is 0. The van der Waals surface area contributed by atoms with E-state index in [0.717, 1.165) is 24.8 Å². The Hall–Kier alpha value is -0.870. The first-order valence-corrected chi connectivity index (χ1v) is 7.55. The van der Waals surface area contributed by atoms with Crippen LogP contribution in [0.15, 0.2) is 29.2 Å². The fourth-order valence-corrected chi connectivity index (χ4v) is 4.33. The lowest BCUT2D eigenvalue weighted by Crippen LogP contribution is -2.42. The summed E-state index contributed by atoms with van der Waals surface area (Å²) in [6.45, 7) is 4.49. The number of hydrogen-bond donors (Lipinski definition) is 0. The normalized spacial score (nSPS) is 22.6. The molecule has 1 fully saturated rings. The molecule has 3 nitrogen and oxygen atoms in total. The van der Waals surface area contributed by atoms with E-state index in [0.29, 0.717) is 11.4 Å². The molecule has 2 rings (SSSR count). The minimum atomic E-state index is -3.31. The van der Waals surface area contributed by atoms with E-state index in [1.165, 1.54) is 0 Å². The highest BCUT2D eigenvalue weighted by Crippen LogP contribution is 2.26. The van der Waals surface area contributed by atoms with Gasteiger partial charge in [-0.25, -0.2) is 8.42 Å². The van der Waals surface area contributed by atoms with Gasteiger partial charge in [0.25, 0.3) is 0 Å². The van der Waals surface area contributed by atoms with E-state index in [1.54, 1.807) is 16.4 Å². The second-order valence-electron chi connectivity index (χ2n) is 4.73. The Balaban J connectivity index is 2.39. The van der Waals surface area contributed by atoms with Crippen LogP contribution in [0, 0.1) is 6.92 Å². The van der Waals surface area contributed by atoms with Crippen LogP contribution in [0.2, 0.25) is 0 Å². The van der Waals surface area contributed by atoms with Crippen molar-refractivity contribution in [2.24, 2.45) is 0 Å². The summed E-state index contributed by atoms with van der Waals surface area (Å²) in [6.07, 6.45) is 3.06. The van der Waals surface area contributed by atoms with Gasteiger partial charge in [0, 0.05) is 12.6 Å². The monoisotopic (exact) mass is 253 g/mol. The van der Waals surface area contributed by atoms with Gasteiger partial charge >= 0.3 is 0 Å². The van der Waals surface area contributed by atoms with Crippen molar-refractivity contribution in [2.75, 3.05) is 6.54 Å². The Labute approximate surface area is 104 Å². The number of sulfonamides is 1. The lowest BCUT2D eigenvalue weighted by molar-refractivity contribution is 0.268. The predicted molar refractivity (Wildman–Crippen MR) is 68.4 cm³/mol. The Morgan fingerprint density at radius 1 is 1.24 bits per heavy atom. The van der Waals surface area contributed by atoms with Gasteiger partial charge in [-0.1, -0.05) is 24.6 Å². The molecule has 94 valence electrons. The van der Waals surface area contributed by atoms with Gasteiger partial charge in [0.05, 0.1) is 4.90 Å². The Morgan fingerprint density at radius 3 is 2.59 bits per heavy atom. The molecular weight excluding hydrogens is 234 g/mol. The van der Waals surface area contributed by atoms with Gasteiger partial charge in [0.1, 0.15) is 0 Å². The summed E-state index contributed by atoms with van der Waals surface area (Å²) in [6, 6.07) is 7.32. The number of benzene rings is 1. The molecule has 1 aromatic carbocycles. The van der Waals surface area contributed by atoms with Crippen molar-refractivity contribution in [3.63, 3.8) is 0 Å². The number of rotatable bonds is 2. The molecule has 1 aliphatic heterocycles. The molecule has 1 heterocycles. The minimum absolute atomic E-state index is 0.119. The Morgan fingerprint density at radius 2 is 1.94 bits per heavy atom. The molecule has 0 saturated carbocycles. The van der Waals surface area contributed by atoms with Gasteiger partial charge in [-0.05, 0) is 38.3 Å². The quantitative estimate of drug-likeness (QED) is 0.812. The van der Waals surface area contributed by atoms with Crippen molar-refractivity contribution in [3.8, 4) is 0 Å². The maximum absolute atomic E-state index is 12.5. The van der Waals surface area contributed by atoms with E-state index in [9.17, 15) is 8.42 Å². The summed E-state index contributed by atoms with van der Waals surface area (Å²) in [5.74, 6) is 0. The molecule has 17 heavy (non-hydrogen) atoms. The van der Waals surface area contributed by atoms with Crippen molar-refractivity contribution in [1.29, 1.82) is 0 Å². The molecule has 4 heteroatoms. The van der Waals surface area contributed by atoms with Gasteiger partial charge in [-0.15, -0.1) is 0 Å². The average molecular weight is 253 g/mol. The van der Waals surface area contributed by atoms with Crippen molar-refractivity contribution in [1.82, 2.24) is 4.31 Å². The van der Waals surface area contributed by atoms with Crippen molar-refractivity contribution in [2.45, 2.75) is 44.0 Å². The first kappa shape index (κ1) is 12.6. The van der Waals surface area contributed by atoms with Crippen LogP contribution in [0.1, 0.15) is 31.7 Å². The Bertz CT molecular complexity index is 496. The van der Waals surface area contributed by atoms with Crippen molar-refractivity contribution < 1.29 is 8.42 Å². The van der Waals surface area contributed by atoms with E-state index in [2.05, 4.69) is 0 Å². The van der Waals surface area contributed by atoms with Crippen LogP contribution in [0.25, 0.3) is 0 Å². The van der Waals surface area contributed by atoms with Crippen LogP contribution in [0.4, 0.5) is 0 Å². The highest BCUT2D eigenvalue weighted by atomic mass is 32.2. The zero-order valence-corrected chi connectivity index (χ0v) is 11.2. The SMILES string of the molecule is Cc1ccccc1S(=O)(=O)N1CCCCC1C. The van der Waals surface area contributed by atoms with E-state index in [1.807, 2.05) is 26.0 Å². The minimum Gasteiger partial charge on any atom is -0.207 e. The predicted octanol–water partition coefficient (Wildman–Crippen LogP) is 2.56. The molecule has 0 amide bonds. The zero-order chi connectivity index (χ0) is 12.5. The third-order valence-corrected chi connectivity index (χ3v) is 5.60. The van der Waals surface area contributed by atoms with Gasteiger partial charge in [0.15, 0.2) is 0 Å². The first-order chi connectivity index (χ1) is 8.03. The molecule has 0 radical (unpaired) electrons. The van der Waals surface area contributed by atoms with Gasteiger partial charge in [-0.2, -0.15) is 4.31 Å². The zero-order valence-electron chi connectivity index (χ0n) is 10.4. The maximum Gasteiger partial charge on any atom is 0.243 e. The molecule has 0 aromatic heterocycles. The van der Waals surface area contributed by atoms with E-state index < -0.39 is 10.0 Å². The summed E-state index contributed by atoms with van der Waals surface area (Å²) in [7, 11) is -3.31. The number of hydrogen-bond acceptors (Lipinski definition) is 2. The fraction of sp³-hybridized carbons (Fsp3) is 0.538. The molecule has 1 atom stereocenters. The van der Waals surface area contributed by atoms with Crippen molar-refractivity contribution >= 4 is 10.0 Å². The highest BCUT2D eigenvalue weighted by Gasteiger charge is 2.31. The van der Waals surface area contributed by atoms with Gasteiger partial charge in [0.2, 0.25) is 10.0 Å². The van der Waals surface area contributed by atoms with Crippen LogP contribution in [-0.4, -0.2) is 25.3 Å². The van der Waals surface area contributed by atoms with Crippen LogP contribution in [0.5, 0.6) is 0 Å². The number of aryl methyl sites for hydroxylation is 1. The topological polar surface area (TPSA) is 37.4 Å². The Kier molecular flexibility index (Phi) is 3.54. The molecular formula is C13H19NO2S.